The average Bonchev–Trinajstić information content (AvgIpc) is 3.30. The van der Waals surface area contributed by atoms with Crippen molar-refractivity contribution in [3.8, 4) is 10.6 Å². The molecule has 1 aromatic carbocycles. The normalized spacial score (nSPS) is 15.8. The zero-order chi connectivity index (χ0) is 17.6. The van der Waals surface area contributed by atoms with Gasteiger partial charge in [-0.1, -0.05) is 24.3 Å². The molecule has 126 valence electrons. The number of amides is 1. The van der Waals surface area contributed by atoms with Crippen LogP contribution in [0.1, 0.15) is 33.1 Å². The Morgan fingerprint density at radius 3 is 2.72 bits per heavy atom. The summed E-state index contributed by atoms with van der Waals surface area (Å²) in [6.45, 7) is 1.83. The number of H-pyrrole nitrogens is 1. The van der Waals surface area contributed by atoms with Gasteiger partial charge in [-0.2, -0.15) is 0 Å². The van der Waals surface area contributed by atoms with Gasteiger partial charge in [-0.05, 0) is 30.0 Å². The zero-order valence-electron chi connectivity index (χ0n) is 13.8. The van der Waals surface area contributed by atoms with E-state index in [4.69, 9.17) is 4.74 Å². The first-order chi connectivity index (χ1) is 12.1. The van der Waals surface area contributed by atoms with E-state index in [-0.39, 0.29) is 5.91 Å². The van der Waals surface area contributed by atoms with Gasteiger partial charge in [0, 0.05) is 16.9 Å². The molecule has 0 unspecified atom stereocenters. The summed E-state index contributed by atoms with van der Waals surface area (Å²) in [6, 6.07) is 11.5. The Kier molecular flexibility index (Phi) is 3.69. The Hall–Kier alpha value is -2.86. The minimum absolute atomic E-state index is 0.136. The molecule has 5 nitrogen and oxygen atoms in total. The van der Waals surface area contributed by atoms with Crippen molar-refractivity contribution in [2.24, 2.45) is 0 Å². The topological polar surface area (TPSA) is 71.2 Å². The van der Waals surface area contributed by atoms with Crippen molar-refractivity contribution in [3.63, 3.8) is 0 Å². The zero-order valence-corrected chi connectivity index (χ0v) is 14.6. The first-order valence-electron chi connectivity index (χ1n) is 7.86. The minimum Gasteiger partial charge on any atom is -0.465 e. The minimum atomic E-state index is -0.549. The van der Waals surface area contributed by atoms with E-state index in [0.717, 1.165) is 21.8 Å². The fourth-order valence-electron chi connectivity index (χ4n) is 3.41. The summed E-state index contributed by atoms with van der Waals surface area (Å²) in [6.07, 6.45) is 0. The Balaban J connectivity index is 2.00. The second-order valence-electron chi connectivity index (χ2n) is 5.89. The molecule has 0 spiro atoms. The van der Waals surface area contributed by atoms with Gasteiger partial charge in [0.15, 0.2) is 0 Å². The number of nitrogens with one attached hydrogen (secondary N) is 2. The smallest absolute Gasteiger partial charge is 0.340 e. The van der Waals surface area contributed by atoms with Gasteiger partial charge < -0.3 is 15.0 Å². The van der Waals surface area contributed by atoms with Crippen molar-refractivity contribution >= 4 is 28.9 Å². The Bertz CT molecular complexity index is 973. The molecule has 3 heterocycles. The summed E-state index contributed by atoms with van der Waals surface area (Å²) in [5.74, 6) is -1.13. The maximum Gasteiger partial charge on any atom is 0.340 e. The maximum atomic E-state index is 12.8. The van der Waals surface area contributed by atoms with Crippen molar-refractivity contribution in [2.75, 3.05) is 12.4 Å². The van der Waals surface area contributed by atoms with Crippen LogP contribution in [-0.4, -0.2) is 24.0 Å². The molecular formula is C19H16N2O3S. The van der Waals surface area contributed by atoms with Crippen molar-refractivity contribution in [3.05, 3.63) is 64.2 Å². The number of aromatic nitrogens is 1. The van der Waals surface area contributed by atoms with Crippen LogP contribution in [0.15, 0.2) is 41.8 Å². The van der Waals surface area contributed by atoms with Gasteiger partial charge >= 0.3 is 5.97 Å². The Morgan fingerprint density at radius 2 is 2.00 bits per heavy atom. The number of carbonyl (C=O) groups excluding carboxylic acids is 2. The van der Waals surface area contributed by atoms with E-state index in [1.807, 2.05) is 48.7 Å². The third-order valence-electron chi connectivity index (χ3n) is 4.46. The van der Waals surface area contributed by atoms with Gasteiger partial charge in [0.05, 0.1) is 29.2 Å². The van der Waals surface area contributed by atoms with Gasteiger partial charge in [0.1, 0.15) is 0 Å². The highest BCUT2D eigenvalue weighted by Gasteiger charge is 2.38. The highest BCUT2D eigenvalue weighted by Crippen LogP contribution is 2.44. The number of anilines is 1. The number of hydrogen-bond acceptors (Lipinski definition) is 4. The van der Waals surface area contributed by atoms with Gasteiger partial charge in [-0.3, -0.25) is 4.79 Å². The van der Waals surface area contributed by atoms with Crippen molar-refractivity contribution in [2.45, 2.75) is 12.8 Å². The predicted molar refractivity (Wildman–Crippen MR) is 97.1 cm³/mol. The number of methoxy groups -OCH3 is 1. The summed E-state index contributed by atoms with van der Waals surface area (Å²) < 4.78 is 4.98. The summed E-state index contributed by atoms with van der Waals surface area (Å²) in [7, 11) is 1.35. The fourth-order valence-corrected chi connectivity index (χ4v) is 4.15. The van der Waals surface area contributed by atoms with Crippen molar-refractivity contribution < 1.29 is 14.3 Å². The lowest BCUT2D eigenvalue weighted by molar-refractivity contribution is -0.116. The molecule has 4 rings (SSSR count). The molecule has 25 heavy (non-hydrogen) atoms. The fraction of sp³-hybridized carbons (Fsp3) is 0.158. The molecule has 0 aliphatic carbocycles. The number of ether oxygens (including phenoxy) is 1. The van der Waals surface area contributed by atoms with Crippen LogP contribution in [-0.2, 0) is 9.53 Å². The summed E-state index contributed by atoms with van der Waals surface area (Å²) >= 11 is 1.56. The third kappa shape index (κ3) is 2.37. The molecule has 3 aromatic rings. The molecule has 1 amide bonds. The van der Waals surface area contributed by atoms with Gasteiger partial charge in [0.2, 0.25) is 5.91 Å². The third-order valence-corrected chi connectivity index (χ3v) is 5.35. The second kappa shape index (κ2) is 5.89. The van der Waals surface area contributed by atoms with Gasteiger partial charge in [-0.15, -0.1) is 11.3 Å². The van der Waals surface area contributed by atoms with Crippen molar-refractivity contribution in [1.29, 1.82) is 0 Å². The Morgan fingerprint density at radius 1 is 1.20 bits per heavy atom. The number of rotatable bonds is 3. The largest absolute Gasteiger partial charge is 0.465 e. The number of aryl methyl sites for hydroxylation is 1. The highest BCUT2D eigenvalue weighted by molar-refractivity contribution is 7.13. The molecule has 0 fully saturated rings. The standard InChI is InChI=1S/C19H16N2O3S/c1-10-14(19(23)24-2)16(17(20-10)13-8-5-9-25-13)15-11-6-3-4-7-12(11)21-18(15)22/h3-9,15,20H,1-2H3,(H,21,22)/t15-/m1/s1. The summed E-state index contributed by atoms with van der Waals surface area (Å²) in [4.78, 5) is 29.5. The first-order valence-corrected chi connectivity index (χ1v) is 8.74. The van der Waals surface area contributed by atoms with Crippen LogP contribution >= 0.6 is 11.3 Å². The molecule has 1 atom stereocenters. The number of thiophene rings is 1. The number of esters is 1. The van der Waals surface area contributed by atoms with Crippen LogP contribution in [0.4, 0.5) is 5.69 Å². The molecular weight excluding hydrogens is 336 g/mol. The van der Waals surface area contributed by atoms with Crippen LogP contribution in [0.25, 0.3) is 10.6 Å². The lowest BCUT2D eigenvalue weighted by Gasteiger charge is -2.12. The second-order valence-corrected chi connectivity index (χ2v) is 6.84. The number of fused-ring (bicyclic) bond motifs is 1. The summed E-state index contributed by atoms with van der Waals surface area (Å²) in [5.41, 5.74) is 4.25. The number of aromatic amines is 1. The molecule has 2 aromatic heterocycles. The van der Waals surface area contributed by atoms with Crippen LogP contribution in [0.5, 0.6) is 0 Å². The lowest BCUT2D eigenvalue weighted by Crippen LogP contribution is -2.17. The molecule has 1 aliphatic heterocycles. The van der Waals surface area contributed by atoms with Gasteiger partial charge in [-0.25, -0.2) is 4.79 Å². The predicted octanol–water partition coefficient (Wildman–Crippen LogP) is 3.92. The Labute approximate surface area is 148 Å². The molecule has 0 bridgehead atoms. The first kappa shape index (κ1) is 15.7. The van der Waals surface area contributed by atoms with Crippen LogP contribution in [0.2, 0.25) is 0 Å². The van der Waals surface area contributed by atoms with Gasteiger partial charge in [0.25, 0.3) is 0 Å². The van der Waals surface area contributed by atoms with E-state index in [9.17, 15) is 9.59 Å². The molecule has 0 saturated heterocycles. The molecule has 0 saturated carbocycles. The maximum absolute atomic E-state index is 12.8. The van der Waals surface area contributed by atoms with E-state index in [1.165, 1.54) is 7.11 Å². The number of benzene rings is 1. The molecule has 2 N–H and O–H groups in total. The molecule has 0 radical (unpaired) electrons. The van der Waals surface area contributed by atoms with E-state index in [0.29, 0.717) is 16.8 Å². The molecule has 6 heteroatoms. The lowest BCUT2D eigenvalue weighted by atomic mass is 9.88. The number of carbonyl (C=O) groups is 2. The monoisotopic (exact) mass is 352 g/mol. The molecule has 1 aliphatic rings. The van der Waals surface area contributed by atoms with Crippen LogP contribution in [0.3, 0.4) is 0 Å². The average molecular weight is 352 g/mol. The van der Waals surface area contributed by atoms with Crippen LogP contribution in [0, 0.1) is 6.92 Å². The van der Waals surface area contributed by atoms with E-state index in [1.54, 1.807) is 11.3 Å². The van der Waals surface area contributed by atoms with Crippen LogP contribution < -0.4 is 5.32 Å². The number of hydrogen-bond donors (Lipinski definition) is 2. The number of para-hydroxylation sites is 1. The van der Waals surface area contributed by atoms with Crippen molar-refractivity contribution in [1.82, 2.24) is 4.98 Å². The van der Waals surface area contributed by atoms with E-state index in [2.05, 4.69) is 10.3 Å². The quantitative estimate of drug-likeness (QED) is 0.702. The van der Waals surface area contributed by atoms with E-state index < -0.39 is 11.9 Å². The SMILES string of the molecule is COC(=O)c1c(C)[nH]c(-c2cccs2)c1[C@@H]1C(=O)Nc2ccccc21. The highest BCUT2D eigenvalue weighted by atomic mass is 32.1. The summed E-state index contributed by atoms with van der Waals surface area (Å²) in [5, 5.41) is 4.88. The van der Waals surface area contributed by atoms with E-state index >= 15 is 0 Å².